The number of ether oxygens (including phenoxy) is 1. The lowest BCUT2D eigenvalue weighted by atomic mass is 10.1. The maximum absolute atomic E-state index is 12.7. The summed E-state index contributed by atoms with van der Waals surface area (Å²) in [6, 6.07) is 11.5. The van der Waals surface area contributed by atoms with Crippen molar-refractivity contribution in [2.24, 2.45) is 0 Å². The summed E-state index contributed by atoms with van der Waals surface area (Å²) in [6.45, 7) is 0.304. The molecule has 2 rings (SSSR count). The molecule has 0 bridgehead atoms. The van der Waals surface area contributed by atoms with E-state index in [4.69, 9.17) is 5.26 Å². The molecule has 0 radical (unpaired) electrons. The Bertz CT molecular complexity index is 796. The second-order valence-electron chi connectivity index (χ2n) is 5.04. The van der Waals surface area contributed by atoms with E-state index in [1.807, 2.05) is 0 Å². The summed E-state index contributed by atoms with van der Waals surface area (Å²) in [6.07, 6.45) is -5.08. The maximum atomic E-state index is 12.7. The molecule has 0 spiro atoms. The van der Waals surface area contributed by atoms with Crippen molar-refractivity contribution in [2.45, 2.75) is 12.7 Å². The van der Waals surface area contributed by atoms with Gasteiger partial charge in [0.15, 0.2) is 0 Å². The third-order valence-electron chi connectivity index (χ3n) is 3.34. The molecule has 0 unspecified atom stereocenters. The van der Waals surface area contributed by atoms with E-state index in [1.165, 1.54) is 13.2 Å². The molecular weight excluding hydrogens is 335 g/mol. The number of nitrogens with zero attached hydrogens (tertiary/aromatic N) is 1. The number of halogens is 3. The monoisotopic (exact) mass is 349 g/mol. The second kappa shape index (κ2) is 7.57. The summed E-state index contributed by atoms with van der Waals surface area (Å²) in [4.78, 5) is 11.1. The van der Waals surface area contributed by atoms with Crippen molar-refractivity contribution >= 4 is 17.5 Å². The van der Waals surface area contributed by atoms with Crippen LogP contribution in [0, 0.1) is 11.3 Å². The second-order valence-corrected chi connectivity index (χ2v) is 5.04. The number of methoxy groups -OCH3 is 1. The molecule has 25 heavy (non-hydrogen) atoms. The molecule has 0 saturated heterocycles. The quantitative estimate of drug-likeness (QED) is 0.860. The molecule has 0 heterocycles. The van der Waals surface area contributed by atoms with Crippen molar-refractivity contribution in [1.82, 2.24) is 0 Å². The van der Waals surface area contributed by atoms with E-state index >= 15 is 0 Å². The van der Waals surface area contributed by atoms with Gasteiger partial charge in [-0.2, -0.15) is 18.4 Å². The van der Waals surface area contributed by atoms with Crippen LogP contribution in [0.5, 0.6) is 0 Å². The van der Waals surface area contributed by atoms with Gasteiger partial charge in [0.2, 0.25) is 0 Å². The number of carbonyl (C=O) groups is 1. The number of amides is 1. The van der Waals surface area contributed by atoms with Gasteiger partial charge >= 0.3 is 12.3 Å². The van der Waals surface area contributed by atoms with Gasteiger partial charge in [0.1, 0.15) is 6.07 Å². The smallest absolute Gasteiger partial charge is 0.416 e. The van der Waals surface area contributed by atoms with Crippen LogP contribution < -0.4 is 10.6 Å². The van der Waals surface area contributed by atoms with Gasteiger partial charge in [-0.25, -0.2) is 4.79 Å². The highest BCUT2D eigenvalue weighted by Gasteiger charge is 2.31. The molecule has 0 aromatic heterocycles. The molecule has 130 valence electrons. The SMILES string of the molecule is COC(=O)Nc1ccc(CNc2ccc(C(F)(F)F)cc2C#N)cc1. The van der Waals surface area contributed by atoms with Gasteiger partial charge in [-0.1, -0.05) is 12.1 Å². The summed E-state index contributed by atoms with van der Waals surface area (Å²) >= 11 is 0. The number of carbonyl (C=O) groups excluding carboxylic acids is 1. The highest BCUT2D eigenvalue weighted by Crippen LogP contribution is 2.31. The number of nitrogens with one attached hydrogen (secondary N) is 2. The van der Waals surface area contributed by atoms with E-state index in [0.29, 0.717) is 17.9 Å². The fourth-order valence-electron chi connectivity index (χ4n) is 2.04. The molecule has 2 N–H and O–H groups in total. The third kappa shape index (κ3) is 4.88. The van der Waals surface area contributed by atoms with Crippen molar-refractivity contribution in [3.05, 3.63) is 59.2 Å². The van der Waals surface area contributed by atoms with E-state index < -0.39 is 17.8 Å². The number of benzene rings is 2. The molecule has 0 aliphatic heterocycles. The lowest BCUT2D eigenvalue weighted by Crippen LogP contribution is -2.11. The lowest BCUT2D eigenvalue weighted by molar-refractivity contribution is -0.137. The minimum atomic E-state index is -4.49. The van der Waals surface area contributed by atoms with E-state index in [1.54, 1.807) is 30.3 Å². The molecule has 5 nitrogen and oxygen atoms in total. The minimum Gasteiger partial charge on any atom is -0.453 e. The first-order chi connectivity index (χ1) is 11.8. The summed E-state index contributed by atoms with van der Waals surface area (Å²) < 4.78 is 42.5. The number of anilines is 2. The number of alkyl halides is 3. The molecular formula is C17H14F3N3O2. The molecule has 8 heteroatoms. The van der Waals surface area contributed by atoms with Crippen LogP contribution in [0.4, 0.5) is 29.3 Å². The van der Waals surface area contributed by atoms with Crippen molar-refractivity contribution in [2.75, 3.05) is 17.7 Å². The minimum absolute atomic E-state index is 0.0844. The lowest BCUT2D eigenvalue weighted by Gasteiger charge is -2.12. The standard InChI is InChI=1S/C17H14F3N3O2/c1-25-16(24)23-14-5-2-11(3-6-14)10-22-15-7-4-13(17(18,19)20)8-12(15)9-21/h2-8,22H,10H2,1H3,(H,23,24). The molecule has 2 aromatic rings. The van der Waals surface area contributed by atoms with Crippen LogP contribution in [-0.2, 0) is 17.5 Å². The van der Waals surface area contributed by atoms with Gasteiger partial charge in [0.05, 0.1) is 23.9 Å². The molecule has 0 aliphatic carbocycles. The van der Waals surface area contributed by atoms with Crippen LogP contribution in [0.1, 0.15) is 16.7 Å². The zero-order chi connectivity index (χ0) is 18.4. The largest absolute Gasteiger partial charge is 0.453 e. The summed E-state index contributed by atoms with van der Waals surface area (Å²) in [5.74, 6) is 0. The number of rotatable bonds is 4. The normalized spacial score (nSPS) is 10.7. The van der Waals surface area contributed by atoms with Crippen LogP contribution in [-0.4, -0.2) is 13.2 Å². The summed E-state index contributed by atoms with van der Waals surface area (Å²) in [5.41, 5.74) is 0.723. The summed E-state index contributed by atoms with van der Waals surface area (Å²) in [7, 11) is 1.25. The molecule has 0 aliphatic rings. The van der Waals surface area contributed by atoms with Gasteiger partial charge < -0.3 is 10.1 Å². The van der Waals surface area contributed by atoms with Crippen molar-refractivity contribution in [3.8, 4) is 6.07 Å². The van der Waals surface area contributed by atoms with Crippen LogP contribution in [0.25, 0.3) is 0 Å². The Morgan fingerprint density at radius 1 is 1.20 bits per heavy atom. The van der Waals surface area contributed by atoms with E-state index in [9.17, 15) is 18.0 Å². The molecule has 0 atom stereocenters. The number of hydrogen-bond donors (Lipinski definition) is 2. The van der Waals surface area contributed by atoms with Gasteiger partial charge in [0.25, 0.3) is 0 Å². The fraction of sp³-hybridized carbons (Fsp3) is 0.176. The van der Waals surface area contributed by atoms with Crippen molar-refractivity contribution < 1.29 is 22.7 Å². The van der Waals surface area contributed by atoms with Crippen molar-refractivity contribution in [1.29, 1.82) is 5.26 Å². The van der Waals surface area contributed by atoms with Crippen LogP contribution in [0.3, 0.4) is 0 Å². The maximum Gasteiger partial charge on any atom is 0.416 e. The van der Waals surface area contributed by atoms with E-state index in [0.717, 1.165) is 17.7 Å². The Balaban J connectivity index is 2.06. The van der Waals surface area contributed by atoms with E-state index in [2.05, 4.69) is 15.4 Å². The Morgan fingerprint density at radius 3 is 2.44 bits per heavy atom. The number of hydrogen-bond acceptors (Lipinski definition) is 4. The van der Waals surface area contributed by atoms with Gasteiger partial charge in [-0.05, 0) is 35.9 Å². The van der Waals surface area contributed by atoms with Crippen LogP contribution in [0.15, 0.2) is 42.5 Å². The Kier molecular flexibility index (Phi) is 5.49. The topological polar surface area (TPSA) is 74.2 Å². The predicted octanol–water partition coefficient (Wildman–Crippen LogP) is 4.37. The Hall–Kier alpha value is -3.21. The van der Waals surface area contributed by atoms with Crippen LogP contribution >= 0.6 is 0 Å². The predicted molar refractivity (Wildman–Crippen MR) is 86.0 cm³/mol. The molecule has 0 fully saturated rings. The zero-order valence-electron chi connectivity index (χ0n) is 13.1. The first-order valence-electron chi connectivity index (χ1n) is 7.12. The molecule has 2 aromatic carbocycles. The average molecular weight is 349 g/mol. The van der Waals surface area contributed by atoms with Gasteiger partial charge in [0, 0.05) is 12.2 Å². The Labute approximate surface area is 142 Å². The van der Waals surface area contributed by atoms with E-state index in [-0.39, 0.29) is 5.56 Å². The van der Waals surface area contributed by atoms with Gasteiger partial charge in [-0.3, -0.25) is 5.32 Å². The summed E-state index contributed by atoms with van der Waals surface area (Å²) in [5, 5.41) is 14.5. The average Bonchev–Trinajstić information content (AvgIpc) is 2.60. The fourth-order valence-corrected chi connectivity index (χ4v) is 2.04. The molecule has 0 saturated carbocycles. The van der Waals surface area contributed by atoms with Crippen molar-refractivity contribution in [3.63, 3.8) is 0 Å². The third-order valence-corrected chi connectivity index (χ3v) is 3.34. The zero-order valence-corrected chi connectivity index (χ0v) is 13.1. The molecule has 1 amide bonds. The highest BCUT2D eigenvalue weighted by molar-refractivity contribution is 5.84. The first-order valence-corrected chi connectivity index (χ1v) is 7.12. The number of nitriles is 1. The first kappa shape index (κ1) is 18.1. The Morgan fingerprint density at radius 2 is 1.88 bits per heavy atom. The highest BCUT2D eigenvalue weighted by atomic mass is 19.4. The van der Waals surface area contributed by atoms with Crippen LogP contribution in [0.2, 0.25) is 0 Å². The van der Waals surface area contributed by atoms with Gasteiger partial charge in [-0.15, -0.1) is 0 Å².